The largest absolute Gasteiger partial charge is 0.338 e. The fourth-order valence-electron chi connectivity index (χ4n) is 3.45. The summed E-state index contributed by atoms with van der Waals surface area (Å²) >= 11 is 0. The smallest absolute Gasteiger partial charge is 0.206 e. The quantitative estimate of drug-likeness (QED) is 0.881. The molecule has 0 spiro atoms. The summed E-state index contributed by atoms with van der Waals surface area (Å²) in [5.74, 6) is 2.06. The second-order valence-corrected chi connectivity index (χ2v) is 5.90. The Kier molecular flexibility index (Phi) is 3.78. The van der Waals surface area contributed by atoms with Gasteiger partial charge in [-0.3, -0.25) is 0 Å². The van der Waals surface area contributed by atoms with Crippen LogP contribution in [0.5, 0.6) is 0 Å². The number of rotatable bonds is 5. The molecule has 1 aromatic heterocycles. The van der Waals surface area contributed by atoms with E-state index in [1.807, 2.05) is 0 Å². The Hall–Kier alpha value is -1.03. The Bertz CT molecular complexity index is 426. The van der Waals surface area contributed by atoms with Crippen molar-refractivity contribution < 1.29 is 0 Å². The molecule has 4 heteroatoms. The molecule has 0 radical (unpaired) electrons. The summed E-state index contributed by atoms with van der Waals surface area (Å²) in [6.07, 6.45) is 7.10. The maximum Gasteiger partial charge on any atom is 0.206 e. The fraction of sp³-hybridized carbons (Fsp3) is 0.800. The molecule has 4 nitrogen and oxygen atoms in total. The van der Waals surface area contributed by atoms with Crippen molar-refractivity contribution in [1.82, 2.24) is 14.9 Å². The summed E-state index contributed by atoms with van der Waals surface area (Å²) in [5.41, 5.74) is 1.24. The van der Waals surface area contributed by atoms with Crippen LogP contribution in [0, 0.1) is 5.92 Å². The number of nitrogens with one attached hydrogen (secondary N) is 1. The minimum absolute atomic E-state index is 0.674. The van der Waals surface area contributed by atoms with Crippen LogP contribution in [0.4, 0.5) is 5.95 Å². The van der Waals surface area contributed by atoms with Gasteiger partial charge in [0, 0.05) is 38.4 Å². The fourth-order valence-corrected chi connectivity index (χ4v) is 3.45. The highest BCUT2D eigenvalue weighted by Gasteiger charge is 2.39. The highest BCUT2D eigenvalue weighted by molar-refractivity contribution is 5.38. The Morgan fingerprint density at radius 1 is 1.37 bits per heavy atom. The van der Waals surface area contributed by atoms with Gasteiger partial charge in [-0.2, -0.15) is 0 Å². The van der Waals surface area contributed by atoms with E-state index >= 15 is 0 Å². The Balaban J connectivity index is 1.83. The number of nitrogens with zero attached hydrogens (tertiary/aromatic N) is 3. The van der Waals surface area contributed by atoms with Crippen molar-refractivity contribution >= 4 is 5.95 Å². The number of fused-ring (bicyclic) bond motifs is 1. The molecular weight excluding hydrogens is 236 g/mol. The van der Waals surface area contributed by atoms with Gasteiger partial charge in [-0.15, -0.1) is 0 Å². The first-order valence-corrected chi connectivity index (χ1v) is 7.86. The van der Waals surface area contributed by atoms with Gasteiger partial charge in [-0.25, -0.2) is 4.98 Å². The minimum atomic E-state index is 0.674. The first-order valence-electron chi connectivity index (χ1n) is 7.86. The molecule has 0 aliphatic carbocycles. The van der Waals surface area contributed by atoms with Gasteiger partial charge in [0.2, 0.25) is 5.95 Å². The third-order valence-electron chi connectivity index (χ3n) is 4.62. The lowest BCUT2D eigenvalue weighted by Crippen LogP contribution is -2.36. The molecule has 2 atom stereocenters. The molecule has 2 fully saturated rings. The molecule has 106 valence electrons. The molecule has 3 heterocycles. The van der Waals surface area contributed by atoms with Crippen molar-refractivity contribution in [1.29, 1.82) is 0 Å². The van der Waals surface area contributed by atoms with E-state index in [1.165, 1.54) is 44.0 Å². The summed E-state index contributed by atoms with van der Waals surface area (Å²) in [7, 11) is 0. The molecule has 19 heavy (non-hydrogen) atoms. The van der Waals surface area contributed by atoms with E-state index in [-0.39, 0.29) is 0 Å². The number of aromatic nitrogens is 2. The van der Waals surface area contributed by atoms with Crippen molar-refractivity contribution in [3.63, 3.8) is 0 Å². The Morgan fingerprint density at radius 2 is 2.26 bits per heavy atom. The number of hydrogen-bond donors (Lipinski definition) is 1. The third kappa shape index (κ3) is 2.38. The van der Waals surface area contributed by atoms with E-state index < -0.39 is 0 Å². The van der Waals surface area contributed by atoms with E-state index in [9.17, 15) is 0 Å². The molecule has 0 aromatic carbocycles. The van der Waals surface area contributed by atoms with E-state index in [1.54, 1.807) is 0 Å². The summed E-state index contributed by atoms with van der Waals surface area (Å²) < 4.78 is 2.39. The molecule has 2 aliphatic heterocycles. The van der Waals surface area contributed by atoms with Crippen LogP contribution in [-0.2, 0) is 13.0 Å². The number of imidazole rings is 1. The lowest BCUT2D eigenvalue weighted by Gasteiger charge is -2.25. The first kappa shape index (κ1) is 13.0. The second kappa shape index (κ2) is 5.53. The normalized spacial score (nSPS) is 26.1. The van der Waals surface area contributed by atoms with Crippen LogP contribution in [0.3, 0.4) is 0 Å². The molecular formula is C15H26N4. The summed E-state index contributed by atoms with van der Waals surface area (Å²) in [5, 5.41) is 3.53. The maximum absolute atomic E-state index is 4.89. The van der Waals surface area contributed by atoms with Crippen LogP contribution < -0.4 is 10.2 Å². The van der Waals surface area contributed by atoms with Crippen molar-refractivity contribution in [2.75, 3.05) is 24.5 Å². The summed E-state index contributed by atoms with van der Waals surface area (Å²) in [4.78, 5) is 7.44. The molecule has 1 N–H and O–H groups in total. The lowest BCUT2D eigenvalue weighted by atomic mass is 10.1. The molecule has 2 aliphatic rings. The van der Waals surface area contributed by atoms with Crippen molar-refractivity contribution in [2.45, 2.75) is 52.1 Å². The van der Waals surface area contributed by atoms with Gasteiger partial charge in [0.05, 0.1) is 5.69 Å². The van der Waals surface area contributed by atoms with Gasteiger partial charge < -0.3 is 14.8 Å². The number of hydrogen-bond acceptors (Lipinski definition) is 3. The monoisotopic (exact) mass is 262 g/mol. The molecule has 0 unspecified atom stereocenters. The third-order valence-corrected chi connectivity index (χ3v) is 4.62. The molecule has 0 bridgehead atoms. The molecule has 1 aromatic rings. The minimum Gasteiger partial charge on any atom is -0.338 e. The predicted octanol–water partition coefficient (Wildman–Crippen LogP) is 2.04. The molecule has 3 rings (SSSR count). The number of aryl methyl sites for hydroxylation is 2. The number of unbranched alkanes of at least 4 members (excludes halogenated alkanes) is 1. The van der Waals surface area contributed by atoms with Gasteiger partial charge in [-0.05, 0) is 25.2 Å². The zero-order chi connectivity index (χ0) is 13.2. The zero-order valence-corrected chi connectivity index (χ0v) is 12.2. The highest BCUT2D eigenvalue weighted by atomic mass is 15.4. The molecule has 0 amide bonds. The SMILES string of the molecule is CCCCn1cc(CC)nc1N1CC[C@H]2CNC[C@H]21. The second-order valence-electron chi connectivity index (χ2n) is 5.90. The van der Waals surface area contributed by atoms with Crippen LogP contribution in [0.25, 0.3) is 0 Å². The van der Waals surface area contributed by atoms with Gasteiger partial charge >= 0.3 is 0 Å². The van der Waals surface area contributed by atoms with Crippen LogP contribution in [0.15, 0.2) is 6.20 Å². The molecule has 0 saturated carbocycles. The van der Waals surface area contributed by atoms with Gasteiger partial charge in [0.25, 0.3) is 0 Å². The summed E-state index contributed by atoms with van der Waals surface area (Å²) in [6, 6.07) is 0.674. The van der Waals surface area contributed by atoms with Crippen LogP contribution >= 0.6 is 0 Å². The van der Waals surface area contributed by atoms with E-state index in [2.05, 4.69) is 34.8 Å². The topological polar surface area (TPSA) is 33.1 Å². The standard InChI is InChI=1S/C15H26N4/c1-3-5-7-18-11-13(4-2)17-15(18)19-8-6-12-9-16-10-14(12)19/h11-12,14,16H,3-10H2,1-2H3/t12-,14+/m0/s1. The average molecular weight is 262 g/mol. The Labute approximate surface area is 116 Å². The van der Waals surface area contributed by atoms with Crippen molar-refractivity contribution in [3.8, 4) is 0 Å². The molecule has 2 saturated heterocycles. The van der Waals surface area contributed by atoms with Crippen LogP contribution in [0.1, 0.15) is 38.8 Å². The zero-order valence-electron chi connectivity index (χ0n) is 12.2. The summed E-state index contributed by atoms with van der Waals surface area (Å²) in [6.45, 7) is 9.07. The maximum atomic E-state index is 4.89. The van der Waals surface area contributed by atoms with Gasteiger partial charge in [0.15, 0.2) is 0 Å². The van der Waals surface area contributed by atoms with Crippen LogP contribution in [-0.4, -0.2) is 35.2 Å². The Morgan fingerprint density at radius 3 is 3.05 bits per heavy atom. The van der Waals surface area contributed by atoms with E-state index in [0.717, 1.165) is 25.4 Å². The highest BCUT2D eigenvalue weighted by Crippen LogP contribution is 2.31. The first-order chi connectivity index (χ1) is 9.33. The van der Waals surface area contributed by atoms with Crippen molar-refractivity contribution in [2.24, 2.45) is 5.92 Å². The van der Waals surface area contributed by atoms with Crippen molar-refractivity contribution in [3.05, 3.63) is 11.9 Å². The lowest BCUT2D eigenvalue weighted by molar-refractivity contribution is 0.564. The predicted molar refractivity (Wildman–Crippen MR) is 78.6 cm³/mol. The van der Waals surface area contributed by atoms with E-state index in [0.29, 0.717) is 6.04 Å². The van der Waals surface area contributed by atoms with Gasteiger partial charge in [0.1, 0.15) is 0 Å². The average Bonchev–Trinajstić information content (AvgIpc) is 3.10. The van der Waals surface area contributed by atoms with E-state index in [4.69, 9.17) is 4.98 Å². The van der Waals surface area contributed by atoms with Crippen LogP contribution in [0.2, 0.25) is 0 Å². The van der Waals surface area contributed by atoms with Gasteiger partial charge in [-0.1, -0.05) is 20.3 Å². The number of anilines is 1.